The lowest BCUT2D eigenvalue weighted by Crippen LogP contribution is -2.53. The van der Waals surface area contributed by atoms with Crippen molar-refractivity contribution in [3.05, 3.63) is 36.7 Å². The molecule has 0 spiro atoms. The predicted octanol–water partition coefficient (Wildman–Crippen LogP) is 3.64. The average Bonchev–Trinajstić information content (AvgIpc) is 3.73. The zero-order valence-electron chi connectivity index (χ0n) is 28.5. The standard InChI is InChI=1S/2C17H22N6O/c1-11-5-7-23(15(24)4-6-18)9-14(11)22(3)17-13-8-12(2)21-16(13)19-10-20-17;1-11-5-7-23(17(24)12(2)8-18)9-14(11)22(3)16-13-4-6-19-15(13)20-10-21-16/h8,10-11,14H,4-5,7,9H2,1-3H3,(H,19,20,21);4,6,10-12,14H,5,7,9H2,1-3H3,(H,19,20,21). The van der Waals surface area contributed by atoms with Gasteiger partial charge in [0, 0.05) is 52.2 Å². The normalized spacial score (nSPS) is 21.5. The minimum atomic E-state index is -0.597. The van der Waals surface area contributed by atoms with Crippen LogP contribution in [0.4, 0.5) is 11.6 Å². The molecule has 2 aliphatic heterocycles. The summed E-state index contributed by atoms with van der Waals surface area (Å²) >= 11 is 0. The minimum absolute atomic E-state index is 0.0560. The molecule has 0 bridgehead atoms. The molecule has 4 aromatic rings. The Labute approximate surface area is 280 Å². The van der Waals surface area contributed by atoms with Crippen LogP contribution in [0.15, 0.2) is 31.0 Å². The van der Waals surface area contributed by atoms with E-state index in [4.69, 9.17) is 10.5 Å². The van der Waals surface area contributed by atoms with Gasteiger partial charge in [0.25, 0.3) is 0 Å². The van der Waals surface area contributed by atoms with Crippen molar-refractivity contribution >= 4 is 45.5 Å². The maximum absolute atomic E-state index is 12.4. The third-order valence-electron chi connectivity index (χ3n) is 9.83. The van der Waals surface area contributed by atoms with E-state index < -0.39 is 5.92 Å². The smallest absolute Gasteiger partial charge is 0.239 e. The van der Waals surface area contributed by atoms with Crippen molar-refractivity contribution in [2.75, 3.05) is 50.1 Å². The fourth-order valence-electron chi connectivity index (χ4n) is 6.83. The summed E-state index contributed by atoms with van der Waals surface area (Å²) in [6, 6.07) is 8.32. The number of aromatic amines is 2. The van der Waals surface area contributed by atoms with Gasteiger partial charge in [0.05, 0.1) is 35.0 Å². The van der Waals surface area contributed by atoms with Crippen LogP contribution in [-0.2, 0) is 9.59 Å². The van der Waals surface area contributed by atoms with Crippen molar-refractivity contribution in [1.82, 2.24) is 39.7 Å². The zero-order valence-corrected chi connectivity index (χ0v) is 28.5. The van der Waals surface area contributed by atoms with E-state index in [0.717, 1.165) is 52.2 Å². The molecule has 48 heavy (non-hydrogen) atoms. The quantitative estimate of drug-likeness (QED) is 0.312. The van der Waals surface area contributed by atoms with Crippen molar-refractivity contribution in [2.24, 2.45) is 17.8 Å². The van der Waals surface area contributed by atoms with Crippen LogP contribution in [0.1, 0.15) is 45.7 Å². The first-order valence-corrected chi connectivity index (χ1v) is 16.4. The van der Waals surface area contributed by atoms with Crippen molar-refractivity contribution in [3.8, 4) is 12.1 Å². The summed E-state index contributed by atoms with van der Waals surface area (Å²) in [5.41, 5.74) is 2.68. The van der Waals surface area contributed by atoms with E-state index in [-0.39, 0.29) is 30.3 Å². The number of aryl methyl sites for hydroxylation is 1. The van der Waals surface area contributed by atoms with Crippen LogP contribution in [0.2, 0.25) is 0 Å². The predicted molar refractivity (Wildman–Crippen MR) is 183 cm³/mol. The maximum Gasteiger partial charge on any atom is 0.239 e. The highest BCUT2D eigenvalue weighted by molar-refractivity contribution is 5.89. The number of amides is 2. The number of fused-ring (bicyclic) bond motifs is 2. The number of carbonyl (C=O) groups excluding carboxylic acids is 2. The summed E-state index contributed by atoms with van der Waals surface area (Å²) in [5.74, 6) is 1.83. The Balaban J connectivity index is 0.000000188. The third-order valence-corrected chi connectivity index (χ3v) is 9.83. The summed E-state index contributed by atoms with van der Waals surface area (Å²) in [6.07, 6.45) is 6.76. The second-order valence-electron chi connectivity index (χ2n) is 13.0. The Bertz CT molecular complexity index is 1830. The van der Waals surface area contributed by atoms with Gasteiger partial charge in [0.2, 0.25) is 11.8 Å². The van der Waals surface area contributed by atoms with Gasteiger partial charge in [-0.1, -0.05) is 13.8 Å². The third kappa shape index (κ3) is 7.03. The Hall–Kier alpha value is -5.24. The van der Waals surface area contributed by atoms with Gasteiger partial charge in [-0.3, -0.25) is 9.59 Å². The van der Waals surface area contributed by atoms with Crippen LogP contribution in [0.3, 0.4) is 0 Å². The van der Waals surface area contributed by atoms with Gasteiger partial charge in [-0.25, -0.2) is 19.9 Å². The number of carbonyl (C=O) groups is 2. The van der Waals surface area contributed by atoms with Crippen molar-refractivity contribution in [2.45, 2.75) is 59.0 Å². The van der Waals surface area contributed by atoms with Crippen LogP contribution >= 0.6 is 0 Å². The summed E-state index contributed by atoms with van der Waals surface area (Å²) in [7, 11) is 4.03. The van der Waals surface area contributed by atoms with Gasteiger partial charge < -0.3 is 29.6 Å². The van der Waals surface area contributed by atoms with Crippen LogP contribution in [0, 0.1) is 47.3 Å². The van der Waals surface area contributed by atoms with Crippen molar-refractivity contribution < 1.29 is 9.59 Å². The first-order chi connectivity index (χ1) is 23.0. The van der Waals surface area contributed by atoms with Gasteiger partial charge in [0.1, 0.15) is 47.9 Å². The topological polar surface area (TPSA) is 178 Å². The Kier molecular flexibility index (Phi) is 10.4. The molecule has 2 N–H and O–H groups in total. The highest BCUT2D eigenvalue weighted by atomic mass is 16.2. The van der Waals surface area contributed by atoms with E-state index in [2.05, 4.69) is 53.6 Å². The van der Waals surface area contributed by atoms with Gasteiger partial charge >= 0.3 is 0 Å². The lowest BCUT2D eigenvalue weighted by atomic mass is 9.91. The lowest BCUT2D eigenvalue weighted by Gasteiger charge is -2.42. The lowest BCUT2D eigenvalue weighted by molar-refractivity contribution is -0.135. The van der Waals surface area contributed by atoms with E-state index in [1.807, 2.05) is 56.4 Å². The van der Waals surface area contributed by atoms with Gasteiger partial charge in [-0.05, 0) is 50.7 Å². The first kappa shape index (κ1) is 34.1. The van der Waals surface area contributed by atoms with Crippen LogP contribution in [0.5, 0.6) is 0 Å². The number of anilines is 2. The first-order valence-electron chi connectivity index (χ1n) is 16.4. The molecule has 4 aromatic heterocycles. The highest BCUT2D eigenvalue weighted by Crippen LogP contribution is 2.31. The maximum atomic E-state index is 12.4. The Morgan fingerprint density at radius 1 is 0.938 bits per heavy atom. The average molecular weight is 653 g/mol. The summed E-state index contributed by atoms with van der Waals surface area (Å²) in [4.78, 5) is 56.1. The number of nitriles is 2. The molecule has 2 saturated heterocycles. The molecule has 2 aliphatic rings. The number of nitrogens with one attached hydrogen (secondary N) is 2. The van der Waals surface area contributed by atoms with E-state index >= 15 is 0 Å². The van der Waals surface area contributed by atoms with Crippen molar-refractivity contribution in [3.63, 3.8) is 0 Å². The molecular weight excluding hydrogens is 608 g/mol. The van der Waals surface area contributed by atoms with Gasteiger partial charge in [-0.15, -0.1) is 0 Å². The molecule has 5 atom stereocenters. The number of hydrogen-bond acceptors (Lipinski definition) is 10. The SMILES string of the molecule is CC(C#N)C(=O)N1CCC(C)C(N(C)c2ncnc3[nH]ccc23)C1.Cc1cc2c(N(C)C3CN(C(=O)CC#N)CCC3C)ncnc2[nH]1. The second kappa shape index (κ2) is 14.7. The molecule has 0 aromatic carbocycles. The van der Waals surface area contributed by atoms with E-state index in [1.165, 1.54) is 0 Å². The molecule has 252 valence electrons. The van der Waals surface area contributed by atoms with E-state index in [0.29, 0.717) is 38.0 Å². The largest absolute Gasteiger partial charge is 0.354 e. The molecule has 5 unspecified atom stereocenters. The fourth-order valence-corrected chi connectivity index (χ4v) is 6.83. The number of likely N-dealkylation sites (tertiary alicyclic amines) is 2. The van der Waals surface area contributed by atoms with Gasteiger partial charge in [0.15, 0.2) is 0 Å². The molecule has 6 heterocycles. The zero-order chi connectivity index (χ0) is 34.5. The molecule has 2 amide bonds. The second-order valence-corrected chi connectivity index (χ2v) is 13.0. The number of aromatic nitrogens is 6. The van der Waals surface area contributed by atoms with Crippen molar-refractivity contribution in [1.29, 1.82) is 10.5 Å². The summed E-state index contributed by atoms with van der Waals surface area (Å²) < 4.78 is 0. The van der Waals surface area contributed by atoms with Crippen LogP contribution in [-0.4, -0.2) is 104 Å². The molecule has 2 fully saturated rings. The number of H-pyrrole nitrogens is 2. The van der Waals surface area contributed by atoms with E-state index in [1.54, 1.807) is 24.5 Å². The number of nitrogens with zero attached hydrogens (tertiary/aromatic N) is 10. The summed E-state index contributed by atoms with van der Waals surface area (Å²) in [6.45, 7) is 10.7. The minimum Gasteiger partial charge on any atom is -0.354 e. The molecule has 14 heteroatoms. The van der Waals surface area contributed by atoms with E-state index in [9.17, 15) is 9.59 Å². The number of likely N-dealkylation sites (N-methyl/N-ethyl adjacent to an activating group) is 2. The Morgan fingerprint density at radius 2 is 1.52 bits per heavy atom. The molecule has 14 nitrogen and oxygen atoms in total. The summed E-state index contributed by atoms with van der Waals surface area (Å²) in [5, 5.41) is 19.7. The molecule has 6 rings (SSSR count). The van der Waals surface area contributed by atoms with Crippen LogP contribution in [0.25, 0.3) is 22.1 Å². The van der Waals surface area contributed by atoms with Gasteiger partial charge in [-0.2, -0.15) is 10.5 Å². The number of piperidine rings is 2. The monoisotopic (exact) mass is 652 g/mol. The number of hydrogen-bond donors (Lipinski definition) is 2. The van der Waals surface area contributed by atoms with Crippen LogP contribution < -0.4 is 9.80 Å². The molecule has 0 radical (unpaired) electrons. The molecular formula is C34H44N12O2. The highest BCUT2D eigenvalue weighted by Gasteiger charge is 2.35. The molecule has 0 saturated carbocycles. The Morgan fingerprint density at radius 3 is 2.15 bits per heavy atom. The number of rotatable bonds is 6. The fraction of sp³-hybridized carbons (Fsp3) is 0.529. The molecule has 0 aliphatic carbocycles.